The third-order valence-electron chi connectivity index (χ3n) is 3.20. The Labute approximate surface area is 121 Å². The van der Waals surface area contributed by atoms with Gasteiger partial charge in [-0.25, -0.2) is 0 Å². The number of rotatable bonds is 5. The largest absolute Gasteiger partial charge is 0.324 e. The Hall–Kier alpha value is -2.70. The highest BCUT2D eigenvalue weighted by atomic mass is 16.6. The van der Waals surface area contributed by atoms with Gasteiger partial charge in [-0.3, -0.25) is 19.6 Å². The number of carbonyl (C=O) groups is 1. The van der Waals surface area contributed by atoms with Crippen molar-refractivity contribution in [3.05, 3.63) is 52.3 Å². The molecule has 1 unspecified atom stereocenters. The summed E-state index contributed by atoms with van der Waals surface area (Å²) in [6.45, 7) is 3.69. The normalized spacial score (nSPS) is 11.9. The number of aromatic nitrogens is 2. The van der Waals surface area contributed by atoms with Crippen LogP contribution in [0.2, 0.25) is 0 Å². The van der Waals surface area contributed by atoms with E-state index in [9.17, 15) is 14.9 Å². The van der Waals surface area contributed by atoms with Crippen molar-refractivity contribution in [2.45, 2.75) is 26.3 Å². The number of aryl methyl sites for hydroxylation is 1. The fourth-order valence-electron chi connectivity index (χ4n) is 1.82. The van der Waals surface area contributed by atoms with Crippen molar-refractivity contribution >= 4 is 17.3 Å². The van der Waals surface area contributed by atoms with Gasteiger partial charge < -0.3 is 5.32 Å². The quantitative estimate of drug-likeness (QED) is 0.676. The van der Waals surface area contributed by atoms with Crippen molar-refractivity contribution < 1.29 is 9.72 Å². The SMILES string of the molecule is CCc1ccc(NC(=O)C(C)n2cc([N+](=O)[O-])cn2)cc1. The zero-order valence-corrected chi connectivity index (χ0v) is 11.8. The fraction of sp³-hybridized carbons (Fsp3) is 0.286. The molecule has 1 aromatic heterocycles. The summed E-state index contributed by atoms with van der Waals surface area (Å²) in [6.07, 6.45) is 3.30. The molecule has 0 aliphatic rings. The smallest absolute Gasteiger partial charge is 0.307 e. The van der Waals surface area contributed by atoms with Crippen LogP contribution in [0.25, 0.3) is 0 Å². The van der Waals surface area contributed by atoms with Crippen LogP contribution < -0.4 is 5.32 Å². The van der Waals surface area contributed by atoms with Crippen molar-refractivity contribution in [3.8, 4) is 0 Å². The van der Waals surface area contributed by atoms with Crippen molar-refractivity contribution in [2.24, 2.45) is 0 Å². The van der Waals surface area contributed by atoms with E-state index in [1.165, 1.54) is 16.4 Å². The minimum Gasteiger partial charge on any atom is -0.324 e. The summed E-state index contributed by atoms with van der Waals surface area (Å²) in [5.74, 6) is -0.280. The Bertz CT molecular complexity index is 648. The molecule has 0 saturated heterocycles. The van der Waals surface area contributed by atoms with Crippen LogP contribution in [-0.2, 0) is 11.2 Å². The predicted octanol–water partition coefficient (Wildman–Crippen LogP) is 2.55. The number of hydrogen-bond donors (Lipinski definition) is 1. The van der Waals surface area contributed by atoms with Crippen molar-refractivity contribution in [3.63, 3.8) is 0 Å². The summed E-state index contributed by atoms with van der Waals surface area (Å²) in [5, 5.41) is 17.2. The van der Waals surface area contributed by atoms with Gasteiger partial charge in [-0.15, -0.1) is 0 Å². The Morgan fingerprint density at radius 3 is 2.62 bits per heavy atom. The molecular weight excluding hydrogens is 272 g/mol. The average Bonchev–Trinajstić information content (AvgIpc) is 2.97. The van der Waals surface area contributed by atoms with Crippen LogP contribution in [-0.4, -0.2) is 20.6 Å². The zero-order valence-electron chi connectivity index (χ0n) is 11.8. The predicted molar refractivity (Wildman–Crippen MR) is 78.0 cm³/mol. The minimum atomic E-state index is -0.635. The van der Waals surface area contributed by atoms with E-state index in [0.717, 1.165) is 12.6 Å². The van der Waals surface area contributed by atoms with Gasteiger partial charge >= 0.3 is 5.69 Å². The number of hydrogen-bond acceptors (Lipinski definition) is 4. The fourth-order valence-corrected chi connectivity index (χ4v) is 1.82. The molecule has 2 aromatic rings. The number of nitrogens with zero attached hydrogens (tertiary/aromatic N) is 3. The van der Waals surface area contributed by atoms with E-state index in [0.29, 0.717) is 5.69 Å². The lowest BCUT2D eigenvalue weighted by atomic mass is 10.1. The first-order chi connectivity index (χ1) is 10.0. The average molecular weight is 288 g/mol. The Balaban J connectivity index is 2.05. The first kappa shape index (κ1) is 14.7. The maximum absolute atomic E-state index is 12.1. The highest BCUT2D eigenvalue weighted by Gasteiger charge is 2.19. The third-order valence-corrected chi connectivity index (χ3v) is 3.20. The van der Waals surface area contributed by atoms with Crippen molar-refractivity contribution in [1.82, 2.24) is 9.78 Å². The highest BCUT2D eigenvalue weighted by Crippen LogP contribution is 2.16. The van der Waals surface area contributed by atoms with Gasteiger partial charge in [-0.05, 0) is 31.0 Å². The van der Waals surface area contributed by atoms with E-state index in [1.54, 1.807) is 6.92 Å². The molecule has 0 aliphatic carbocycles. The first-order valence-electron chi connectivity index (χ1n) is 6.59. The van der Waals surface area contributed by atoms with Gasteiger partial charge in [0.1, 0.15) is 18.4 Å². The molecule has 110 valence electrons. The number of anilines is 1. The van der Waals surface area contributed by atoms with Crippen LogP contribution in [0.4, 0.5) is 11.4 Å². The van der Waals surface area contributed by atoms with Crippen LogP contribution in [0.5, 0.6) is 0 Å². The molecule has 0 bridgehead atoms. The summed E-state index contributed by atoms with van der Waals surface area (Å²) in [7, 11) is 0. The molecule has 7 heteroatoms. The molecule has 1 N–H and O–H groups in total. The second kappa shape index (κ2) is 6.17. The molecule has 1 amide bonds. The van der Waals surface area contributed by atoms with Gasteiger partial charge in [0.15, 0.2) is 0 Å². The molecule has 21 heavy (non-hydrogen) atoms. The molecule has 0 saturated carbocycles. The summed E-state index contributed by atoms with van der Waals surface area (Å²) in [6, 6.07) is 6.91. The number of amides is 1. The van der Waals surface area contributed by atoms with Crippen LogP contribution >= 0.6 is 0 Å². The molecule has 7 nitrogen and oxygen atoms in total. The van der Waals surface area contributed by atoms with Gasteiger partial charge in [-0.1, -0.05) is 19.1 Å². The van der Waals surface area contributed by atoms with E-state index in [-0.39, 0.29) is 11.6 Å². The summed E-state index contributed by atoms with van der Waals surface area (Å²) in [5.41, 5.74) is 1.73. The van der Waals surface area contributed by atoms with Crippen LogP contribution in [0, 0.1) is 10.1 Å². The lowest BCUT2D eigenvalue weighted by molar-refractivity contribution is -0.385. The summed E-state index contributed by atoms with van der Waals surface area (Å²) < 4.78 is 1.27. The number of benzene rings is 1. The molecule has 1 atom stereocenters. The second-order valence-electron chi connectivity index (χ2n) is 4.65. The molecular formula is C14H16N4O3. The molecule has 0 radical (unpaired) electrons. The topological polar surface area (TPSA) is 90.1 Å². The van der Waals surface area contributed by atoms with E-state index in [1.807, 2.05) is 24.3 Å². The molecule has 0 spiro atoms. The molecule has 1 heterocycles. The molecule has 1 aromatic carbocycles. The van der Waals surface area contributed by atoms with Crippen molar-refractivity contribution in [2.75, 3.05) is 5.32 Å². The first-order valence-corrected chi connectivity index (χ1v) is 6.59. The number of nitro groups is 1. The molecule has 0 aliphatic heterocycles. The van der Waals surface area contributed by atoms with Crippen molar-refractivity contribution in [1.29, 1.82) is 0 Å². The van der Waals surface area contributed by atoms with E-state index in [4.69, 9.17) is 0 Å². The zero-order chi connectivity index (χ0) is 15.4. The van der Waals surface area contributed by atoms with Crippen LogP contribution in [0.1, 0.15) is 25.5 Å². The minimum absolute atomic E-state index is 0.137. The van der Waals surface area contributed by atoms with Crippen LogP contribution in [0.3, 0.4) is 0 Å². The van der Waals surface area contributed by atoms with E-state index in [2.05, 4.69) is 17.3 Å². The third kappa shape index (κ3) is 3.44. The molecule has 2 rings (SSSR count). The summed E-state index contributed by atoms with van der Waals surface area (Å²) >= 11 is 0. The molecule has 0 fully saturated rings. The van der Waals surface area contributed by atoms with Gasteiger partial charge in [0.2, 0.25) is 5.91 Å². The van der Waals surface area contributed by atoms with Gasteiger partial charge in [0.25, 0.3) is 0 Å². The summed E-state index contributed by atoms with van der Waals surface area (Å²) in [4.78, 5) is 22.2. The maximum Gasteiger partial charge on any atom is 0.307 e. The van der Waals surface area contributed by atoms with Gasteiger partial charge in [0.05, 0.1) is 4.92 Å². The Morgan fingerprint density at radius 1 is 1.43 bits per heavy atom. The van der Waals surface area contributed by atoms with Gasteiger partial charge in [0, 0.05) is 5.69 Å². The highest BCUT2D eigenvalue weighted by molar-refractivity contribution is 5.93. The maximum atomic E-state index is 12.1. The lowest BCUT2D eigenvalue weighted by Gasteiger charge is -2.12. The van der Waals surface area contributed by atoms with E-state index < -0.39 is 11.0 Å². The Morgan fingerprint density at radius 2 is 2.10 bits per heavy atom. The second-order valence-corrected chi connectivity index (χ2v) is 4.65. The van der Waals surface area contributed by atoms with E-state index >= 15 is 0 Å². The monoisotopic (exact) mass is 288 g/mol. The number of carbonyl (C=O) groups excluding carboxylic acids is 1. The Kier molecular flexibility index (Phi) is 4.32. The van der Waals surface area contributed by atoms with Gasteiger partial charge in [-0.2, -0.15) is 5.10 Å². The number of nitrogens with one attached hydrogen (secondary N) is 1. The van der Waals surface area contributed by atoms with Crippen LogP contribution in [0.15, 0.2) is 36.7 Å². The standard InChI is InChI=1S/C14H16N4O3/c1-3-11-4-6-12(7-5-11)16-14(19)10(2)17-9-13(8-15-17)18(20)21/h4-10H,3H2,1-2H3,(H,16,19). The lowest BCUT2D eigenvalue weighted by Crippen LogP contribution is -2.24.